The molecule has 0 aromatic heterocycles. The third kappa shape index (κ3) is 31.6. The summed E-state index contributed by atoms with van der Waals surface area (Å²) in [5, 5.41) is 10.2. The van der Waals surface area contributed by atoms with Crippen molar-refractivity contribution in [2.45, 2.75) is 194 Å². The van der Waals surface area contributed by atoms with Gasteiger partial charge in [0.15, 0.2) is 5.96 Å². The summed E-state index contributed by atoms with van der Waals surface area (Å²) >= 11 is 0. The topological polar surface area (TPSA) is 121 Å². The summed E-state index contributed by atoms with van der Waals surface area (Å²) in [6.07, 6.45) is 33.5. The molecule has 1 aliphatic rings. The molecule has 9 heteroatoms. The monoisotopic (exact) mass is 736 g/mol. The molecule has 1 rings (SSSR count). The molecule has 1 fully saturated rings. The molecular weight excluding hydrogens is 651 g/mol. The van der Waals surface area contributed by atoms with Gasteiger partial charge in [0.25, 0.3) is 0 Å². The molecule has 4 N–H and O–H groups in total. The van der Waals surface area contributed by atoms with Crippen LogP contribution in [-0.2, 0) is 19.1 Å². The van der Waals surface area contributed by atoms with Crippen molar-refractivity contribution in [2.24, 2.45) is 11.7 Å². The molecule has 1 aliphatic heterocycles. The van der Waals surface area contributed by atoms with E-state index < -0.39 is 0 Å². The maximum atomic E-state index is 12.5. The van der Waals surface area contributed by atoms with Gasteiger partial charge >= 0.3 is 11.9 Å². The molecule has 0 unspecified atom stereocenters. The predicted octanol–water partition coefficient (Wildman–Crippen LogP) is 9.75. The lowest BCUT2D eigenvalue weighted by Gasteiger charge is -2.33. The van der Waals surface area contributed by atoms with Crippen molar-refractivity contribution in [2.75, 3.05) is 59.0 Å². The summed E-state index contributed by atoms with van der Waals surface area (Å²) in [5.41, 5.74) is 5.39. The molecule has 1 heterocycles. The van der Waals surface area contributed by atoms with Gasteiger partial charge in [0.2, 0.25) is 0 Å². The van der Waals surface area contributed by atoms with E-state index >= 15 is 0 Å². The number of carbonyl (C=O) groups excluding carboxylic acids is 2. The van der Waals surface area contributed by atoms with Crippen molar-refractivity contribution in [3.8, 4) is 0 Å². The lowest BCUT2D eigenvalue weighted by molar-refractivity contribution is -0.144. The molecular formula is C43H85N5O4. The molecule has 52 heavy (non-hydrogen) atoms. The minimum Gasteiger partial charge on any atom is -0.464 e. The number of carbonyl (C=O) groups is 2. The second-order valence-corrected chi connectivity index (χ2v) is 15.6. The van der Waals surface area contributed by atoms with E-state index in [2.05, 4.69) is 29.0 Å². The van der Waals surface area contributed by atoms with Crippen molar-refractivity contribution in [1.29, 1.82) is 5.41 Å². The molecule has 0 bridgehead atoms. The van der Waals surface area contributed by atoms with E-state index in [0.717, 1.165) is 71.2 Å². The Morgan fingerprint density at radius 2 is 1.04 bits per heavy atom. The Morgan fingerprint density at radius 3 is 1.44 bits per heavy atom. The maximum absolute atomic E-state index is 12.5. The van der Waals surface area contributed by atoms with Crippen LogP contribution in [0.2, 0.25) is 0 Å². The third-order valence-electron chi connectivity index (χ3n) is 10.8. The molecule has 0 aromatic carbocycles. The second kappa shape index (κ2) is 36.1. The van der Waals surface area contributed by atoms with Gasteiger partial charge < -0.3 is 25.4 Å². The van der Waals surface area contributed by atoms with Gasteiger partial charge in [0.05, 0.1) is 0 Å². The average molecular weight is 736 g/mol. The van der Waals surface area contributed by atoms with Crippen molar-refractivity contribution in [1.82, 2.24) is 15.1 Å². The van der Waals surface area contributed by atoms with E-state index in [1.54, 1.807) is 0 Å². The number of ether oxygens (including phenoxy) is 2. The van der Waals surface area contributed by atoms with E-state index in [9.17, 15) is 9.59 Å². The van der Waals surface area contributed by atoms with Gasteiger partial charge in [-0.25, -0.2) is 0 Å². The van der Waals surface area contributed by atoms with Crippen LogP contribution in [0.5, 0.6) is 0 Å². The minimum atomic E-state index is -0.0832. The van der Waals surface area contributed by atoms with Crippen LogP contribution in [0.25, 0.3) is 0 Å². The van der Waals surface area contributed by atoms with Gasteiger partial charge in [-0.2, -0.15) is 0 Å². The van der Waals surface area contributed by atoms with E-state index in [-0.39, 0.29) is 17.9 Å². The third-order valence-corrected chi connectivity index (χ3v) is 10.8. The van der Waals surface area contributed by atoms with Gasteiger partial charge in [-0.1, -0.05) is 142 Å². The largest absolute Gasteiger partial charge is 0.464 e. The fraction of sp³-hybridized carbons (Fsp3) is 0.930. The molecule has 0 radical (unpaired) electrons. The summed E-state index contributed by atoms with van der Waals surface area (Å²) in [4.78, 5) is 29.8. The zero-order chi connectivity index (χ0) is 37.7. The fourth-order valence-electron chi connectivity index (χ4n) is 7.31. The number of hydrogen-bond acceptors (Lipinski definition) is 7. The predicted molar refractivity (Wildman–Crippen MR) is 219 cm³/mol. The standard InChI is InChI=1S/C43H85N5O4/c1-3-5-7-9-11-13-15-17-19-21-23-26-41(49)51-38-36-48(35-30-40-28-33-47(34-29-40)32-25-31-46-43(44)45)37-39-52-42(50)27-24-22-20-18-16-14-12-10-8-6-4-2/h40H,3-39H2,1-2H3,(H4,44,45,46). The molecule has 306 valence electrons. The molecule has 0 saturated carbocycles. The highest BCUT2D eigenvalue weighted by Gasteiger charge is 2.20. The zero-order valence-corrected chi connectivity index (χ0v) is 34.3. The number of likely N-dealkylation sites (tertiary alicyclic amines) is 1. The molecule has 0 aromatic rings. The minimum absolute atomic E-state index is 0.0430. The number of nitrogens with zero attached hydrogens (tertiary/aromatic N) is 2. The van der Waals surface area contributed by atoms with Crippen molar-refractivity contribution >= 4 is 17.9 Å². The highest BCUT2D eigenvalue weighted by Crippen LogP contribution is 2.21. The number of rotatable bonds is 37. The van der Waals surface area contributed by atoms with Crippen LogP contribution in [0.15, 0.2) is 0 Å². The second-order valence-electron chi connectivity index (χ2n) is 15.6. The van der Waals surface area contributed by atoms with Crippen molar-refractivity contribution in [3.63, 3.8) is 0 Å². The fourth-order valence-corrected chi connectivity index (χ4v) is 7.31. The van der Waals surface area contributed by atoms with E-state index in [0.29, 0.717) is 45.1 Å². The molecule has 1 saturated heterocycles. The van der Waals surface area contributed by atoms with Crippen LogP contribution in [0.1, 0.15) is 194 Å². The number of nitrogens with two attached hydrogens (primary N) is 1. The first-order valence-electron chi connectivity index (χ1n) is 22.3. The number of esters is 2. The Kier molecular flexibility index (Phi) is 33.4. The van der Waals surface area contributed by atoms with Gasteiger partial charge in [0, 0.05) is 32.5 Å². The maximum Gasteiger partial charge on any atom is 0.305 e. The number of nitrogens with one attached hydrogen (secondary N) is 2. The summed E-state index contributed by atoms with van der Waals surface area (Å²) < 4.78 is 11.3. The van der Waals surface area contributed by atoms with Gasteiger partial charge in [-0.3, -0.25) is 19.9 Å². The average Bonchev–Trinajstić information content (AvgIpc) is 3.13. The summed E-state index contributed by atoms with van der Waals surface area (Å²) in [7, 11) is 0. The Morgan fingerprint density at radius 1 is 0.635 bits per heavy atom. The quantitative estimate of drug-likeness (QED) is 0.0250. The van der Waals surface area contributed by atoms with Crippen LogP contribution in [-0.4, -0.2) is 86.7 Å². The van der Waals surface area contributed by atoms with Gasteiger partial charge in [0.1, 0.15) is 13.2 Å². The van der Waals surface area contributed by atoms with Crippen molar-refractivity contribution in [3.05, 3.63) is 0 Å². The molecule has 0 aliphatic carbocycles. The number of guanidine groups is 1. The van der Waals surface area contributed by atoms with Crippen LogP contribution in [0.3, 0.4) is 0 Å². The SMILES string of the molecule is CCCCCCCCCCCCCC(=O)OCCN(CCOC(=O)CCCCCCCCCCCCC)CCC1CCN(CCCNC(=N)N)CC1. The van der Waals surface area contributed by atoms with Crippen LogP contribution < -0.4 is 11.1 Å². The Hall–Kier alpha value is -1.87. The molecule has 9 nitrogen and oxygen atoms in total. The lowest BCUT2D eigenvalue weighted by Crippen LogP contribution is -2.38. The van der Waals surface area contributed by atoms with E-state index in [1.807, 2.05) is 0 Å². The normalized spacial score (nSPS) is 13.8. The Labute approximate surface area is 321 Å². The lowest BCUT2D eigenvalue weighted by atomic mass is 9.93. The number of hydrogen-bond donors (Lipinski definition) is 3. The van der Waals surface area contributed by atoms with Crippen molar-refractivity contribution < 1.29 is 19.1 Å². The number of piperidine rings is 1. The molecule has 0 amide bonds. The highest BCUT2D eigenvalue weighted by molar-refractivity contribution is 5.74. The summed E-state index contributed by atoms with van der Waals surface area (Å²) in [6.45, 7) is 11.6. The molecule has 0 atom stereocenters. The highest BCUT2D eigenvalue weighted by atomic mass is 16.5. The van der Waals surface area contributed by atoms with Crippen LogP contribution in [0, 0.1) is 11.3 Å². The Bertz CT molecular complexity index is 792. The van der Waals surface area contributed by atoms with Gasteiger partial charge in [-0.15, -0.1) is 0 Å². The first-order valence-corrected chi connectivity index (χ1v) is 22.3. The number of unbranched alkanes of at least 4 members (excludes halogenated alkanes) is 20. The first kappa shape index (κ1) is 48.1. The van der Waals surface area contributed by atoms with Gasteiger partial charge in [-0.05, 0) is 70.6 Å². The van der Waals surface area contributed by atoms with E-state index in [1.165, 1.54) is 128 Å². The Balaban J connectivity index is 2.29. The summed E-state index contributed by atoms with van der Waals surface area (Å²) in [5.74, 6) is 0.558. The van der Waals surface area contributed by atoms with Crippen LogP contribution in [0.4, 0.5) is 0 Å². The smallest absolute Gasteiger partial charge is 0.305 e. The van der Waals surface area contributed by atoms with E-state index in [4.69, 9.17) is 20.6 Å². The summed E-state index contributed by atoms with van der Waals surface area (Å²) in [6, 6.07) is 0. The zero-order valence-electron chi connectivity index (χ0n) is 34.3. The first-order chi connectivity index (χ1) is 25.4. The van der Waals surface area contributed by atoms with Crippen LogP contribution >= 0.6 is 0 Å². The molecule has 0 spiro atoms.